The molecule has 5 heteroatoms. The fourth-order valence-corrected chi connectivity index (χ4v) is 2.75. The van der Waals surface area contributed by atoms with Gasteiger partial charge in [0.25, 0.3) is 0 Å². The normalized spacial score (nSPS) is 16.3. The molecule has 2 aromatic carbocycles. The number of amides is 1. The van der Waals surface area contributed by atoms with Gasteiger partial charge in [0.15, 0.2) is 5.75 Å². The summed E-state index contributed by atoms with van der Waals surface area (Å²) in [6.45, 7) is 3.04. The Balaban J connectivity index is 0.00000208. The number of ether oxygens (including phenoxy) is 1. The molecule has 1 saturated heterocycles. The molecule has 0 saturated carbocycles. The van der Waals surface area contributed by atoms with E-state index in [2.05, 4.69) is 10.6 Å². The van der Waals surface area contributed by atoms with E-state index in [1.807, 2.05) is 55.5 Å². The number of hydrogen-bond acceptors (Lipinski definition) is 3. The largest absolute Gasteiger partial charge is 0.455 e. The van der Waals surface area contributed by atoms with E-state index in [9.17, 15) is 4.79 Å². The van der Waals surface area contributed by atoms with Crippen molar-refractivity contribution in [3.8, 4) is 11.5 Å². The molecule has 2 aromatic rings. The van der Waals surface area contributed by atoms with E-state index in [1.165, 1.54) is 5.56 Å². The fraction of sp³-hybridized carbons (Fsp3) is 0.316. The zero-order chi connectivity index (χ0) is 16.1. The summed E-state index contributed by atoms with van der Waals surface area (Å²) in [6, 6.07) is 15.7. The molecule has 1 amide bonds. The summed E-state index contributed by atoms with van der Waals surface area (Å²) in [6.07, 6.45) is 2.71. The van der Waals surface area contributed by atoms with E-state index >= 15 is 0 Å². The molecule has 2 N–H and O–H groups in total. The summed E-state index contributed by atoms with van der Waals surface area (Å²) < 4.78 is 5.91. The number of rotatable bonds is 5. The van der Waals surface area contributed by atoms with Crippen LogP contribution >= 0.6 is 12.4 Å². The van der Waals surface area contributed by atoms with Gasteiger partial charge in [0.05, 0.1) is 5.69 Å². The zero-order valence-corrected chi connectivity index (χ0v) is 14.6. The quantitative estimate of drug-likeness (QED) is 0.849. The predicted molar refractivity (Wildman–Crippen MR) is 99.2 cm³/mol. The number of benzene rings is 2. The van der Waals surface area contributed by atoms with Crippen molar-refractivity contribution in [3.63, 3.8) is 0 Å². The van der Waals surface area contributed by atoms with Crippen molar-refractivity contribution in [1.82, 2.24) is 5.32 Å². The Hall–Kier alpha value is -2.04. The Labute approximate surface area is 149 Å². The maximum Gasteiger partial charge on any atom is 0.226 e. The van der Waals surface area contributed by atoms with Gasteiger partial charge in [-0.05, 0) is 50.6 Å². The van der Waals surface area contributed by atoms with Gasteiger partial charge in [0, 0.05) is 12.5 Å². The van der Waals surface area contributed by atoms with Crippen molar-refractivity contribution in [2.45, 2.75) is 32.2 Å². The molecule has 0 bridgehead atoms. The Morgan fingerprint density at radius 1 is 1.21 bits per heavy atom. The van der Waals surface area contributed by atoms with Gasteiger partial charge < -0.3 is 15.4 Å². The molecule has 1 unspecified atom stereocenters. The van der Waals surface area contributed by atoms with Gasteiger partial charge in [0.1, 0.15) is 5.75 Å². The second-order valence-corrected chi connectivity index (χ2v) is 5.96. The van der Waals surface area contributed by atoms with Crippen LogP contribution < -0.4 is 15.4 Å². The average Bonchev–Trinajstić information content (AvgIpc) is 3.04. The SMILES string of the molecule is Cc1ccc(Oc2ccccc2NC(=O)CC2CCCN2)cc1.Cl. The van der Waals surface area contributed by atoms with Crippen LogP contribution in [0.5, 0.6) is 11.5 Å². The molecule has 0 radical (unpaired) electrons. The molecule has 1 heterocycles. The van der Waals surface area contributed by atoms with Crippen molar-refractivity contribution in [2.75, 3.05) is 11.9 Å². The summed E-state index contributed by atoms with van der Waals surface area (Å²) in [5.74, 6) is 1.43. The molecule has 24 heavy (non-hydrogen) atoms. The Kier molecular flexibility index (Phi) is 6.64. The molecule has 4 nitrogen and oxygen atoms in total. The smallest absolute Gasteiger partial charge is 0.226 e. The van der Waals surface area contributed by atoms with Crippen LogP contribution in [-0.2, 0) is 4.79 Å². The third kappa shape index (κ3) is 4.98. The minimum Gasteiger partial charge on any atom is -0.455 e. The van der Waals surface area contributed by atoms with Crippen LogP contribution in [-0.4, -0.2) is 18.5 Å². The summed E-state index contributed by atoms with van der Waals surface area (Å²) in [5, 5.41) is 6.31. The van der Waals surface area contributed by atoms with Crippen molar-refractivity contribution in [2.24, 2.45) is 0 Å². The van der Waals surface area contributed by atoms with Crippen LogP contribution in [0, 0.1) is 6.92 Å². The monoisotopic (exact) mass is 346 g/mol. The third-order valence-corrected chi connectivity index (χ3v) is 4.00. The summed E-state index contributed by atoms with van der Waals surface area (Å²) in [7, 11) is 0. The maximum absolute atomic E-state index is 12.2. The molecule has 1 fully saturated rings. The lowest BCUT2D eigenvalue weighted by Gasteiger charge is -2.14. The number of halogens is 1. The summed E-state index contributed by atoms with van der Waals surface area (Å²) >= 11 is 0. The van der Waals surface area contributed by atoms with Crippen LogP contribution in [0.15, 0.2) is 48.5 Å². The van der Waals surface area contributed by atoms with E-state index in [1.54, 1.807) is 0 Å². The van der Waals surface area contributed by atoms with Crippen molar-refractivity contribution in [3.05, 3.63) is 54.1 Å². The number of carbonyl (C=O) groups is 1. The standard InChI is InChI=1S/C19H22N2O2.ClH/c1-14-8-10-16(11-9-14)23-18-7-3-2-6-17(18)21-19(22)13-15-5-4-12-20-15;/h2-3,6-11,15,20H,4-5,12-13H2,1H3,(H,21,22);1H. The first-order valence-corrected chi connectivity index (χ1v) is 8.07. The number of aryl methyl sites for hydroxylation is 1. The van der Waals surface area contributed by atoms with Crippen molar-refractivity contribution in [1.29, 1.82) is 0 Å². The predicted octanol–water partition coefficient (Wildman–Crippen LogP) is 4.29. The highest BCUT2D eigenvalue weighted by Gasteiger charge is 2.18. The molecular weight excluding hydrogens is 324 g/mol. The van der Waals surface area contributed by atoms with Gasteiger partial charge in [-0.15, -0.1) is 12.4 Å². The first kappa shape index (κ1) is 18.3. The third-order valence-electron chi connectivity index (χ3n) is 4.00. The number of nitrogens with one attached hydrogen (secondary N) is 2. The lowest BCUT2D eigenvalue weighted by Crippen LogP contribution is -2.27. The second-order valence-electron chi connectivity index (χ2n) is 5.96. The van der Waals surface area contributed by atoms with Crippen molar-refractivity contribution >= 4 is 24.0 Å². The van der Waals surface area contributed by atoms with Gasteiger partial charge in [-0.3, -0.25) is 4.79 Å². The lowest BCUT2D eigenvalue weighted by atomic mass is 10.1. The van der Waals surface area contributed by atoms with Crippen LogP contribution in [0.3, 0.4) is 0 Å². The Morgan fingerprint density at radius 3 is 2.67 bits per heavy atom. The Bertz CT molecular complexity index is 667. The van der Waals surface area contributed by atoms with Gasteiger partial charge in [-0.1, -0.05) is 29.8 Å². The van der Waals surface area contributed by atoms with Gasteiger partial charge in [0.2, 0.25) is 5.91 Å². The molecule has 0 spiro atoms. The average molecular weight is 347 g/mol. The number of hydrogen-bond donors (Lipinski definition) is 2. The van der Waals surface area contributed by atoms with E-state index in [4.69, 9.17) is 4.74 Å². The van der Waals surface area contributed by atoms with Crippen molar-refractivity contribution < 1.29 is 9.53 Å². The Morgan fingerprint density at radius 2 is 1.96 bits per heavy atom. The van der Waals surface area contributed by atoms with E-state index in [0.717, 1.165) is 25.1 Å². The topological polar surface area (TPSA) is 50.4 Å². The molecule has 0 aliphatic carbocycles. The van der Waals surface area contributed by atoms with Crippen LogP contribution in [0.25, 0.3) is 0 Å². The van der Waals surface area contributed by atoms with E-state index in [-0.39, 0.29) is 18.3 Å². The summed E-state index contributed by atoms with van der Waals surface area (Å²) in [4.78, 5) is 12.2. The highest BCUT2D eigenvalue weighted by atomic mass is 35.5. The minimum atomic E-state index is 0. The van der Waals surface area contributed by atoms with E-state index < -0.39 is 0 Å². The van der Waals surface area contributed by atoms with Gasteiger partial charge in [-0.2, -0.15) is 0 Å². The fourth-order valence-electron chi connectivity index (χ4n) is 2.75. The molecule has 1 atom stereocenters. The lowest BCUT2D eigenvalue weighted by molar-refractivity contribution is -0.116. The highest BCUT2D eigenvalue weighted by Crippen LogP contribution is 2.29. The van der Waals surface area contributed by atoms with Crippen LogP contribution in [0.2, 0.25) is 0 Å². The first-order valence-electron chi connectivity index (χ1n) is 8.07. The highest BCUT2D eigenvalue weighted by molar-refractivity contribution is 5.92. The first-order chi connectivity index (χ1) is 11.2. The molecule has 0 aromatic heterocycles. The number of carbonyl (C=O) groups excluding carboxylic acids is 1. The minimum absolute atomic E-state index is 0. The maximum atomic E-state index is 12.2. The molecule has 128 valence electrons. The molecule has 1 aliphatic rings. The number of anilines is 1. The van der Waals surface area contributed by atoms with E-state index in [0.29, 0.717) is 23.9 Å². The molecule has 3 rings (SSSR count). The second kappa shape index (κ2) is 8.71. The summed E-state index contributed by atoms with van der Waals surface area (Å²) in [5.41, 5.74) is 1.89. The van der Waals surface area contributed by atoms with Crippen LogP contribution in [0.1, 0.15) is 24.8 Å². The zero-order valence-electron chi connectivity index (χ0n) is 13.7. The van der Waals surface area contributed by atoms with Gasteiger partial charge in [-0.25, -0.2) is 0 Å². The van der Waals surface area contributed by atoms with Crippen LogP contribution in [0.4, 0.5) is 5.69 Å². The van der Waals surface area contributed by atoms with Gasteiger partial charge >= 0.3 is 0 Å². The molecular formula is C19H23ClN2O2. The molecule has 1 aliphatic heterocycles. The number of para-hydroxylation sites is 2.